The highest BCUT2D eigenvalue weighted by Gasteiger charge is 2.35. The maximum absolute atomic E-state index is 11.4. The van der Waals surface area contributed by atoms with E-state index in [2.05, 4.69) is 26.7 Å². The van der Waals surface area contributed by atoms with Crippen molar-refractivity contribution in [2.45, 2.75) is 26.4 Å². The Hall–Kier alpha value is -1.40. The van der Waals surface area contributed by atoms with Gasteiger partial charge in [0.2, 0.25) is 5.91 Å². The Labute approximate surface area is 126 Å². The van der Waals surface area contributed by atoms with Crippen LogP contribution in [0.25, 0.3) is 0 Å². The number of amides is 1. The van der Waals surface area contributed by atoms with E-state index in [0.29, 0.717) is 12.0 Å². The van der Waals surface area contributed by atoms with E-state index in [4.69, 9.17) is 0 Å². The van der Waals surface area contributed by atoms with E-state index in [1.165, 1.54) is 0 Å². The molecule has 2 atom stereocenters. The molecule has 6 nitrogen and oxygen atoms in total. The molecule has 1 amide bonds. The van der Waals surface area contributed by atoms with Gasteiger partial charge in [-0.05, 0) is 5.92 Å². The van der Waals surface area contributed by atoms with Gasteiger partial charge in [-0.3, -0.25) is 14.6 Å². The molecule has 6 heteroatoms. The Bertz CT molecular complexity index is 466. The molecule has 1 aromatic rings. The molecule has 116 valence electrons. The molecular formula is C15H25N5O. The highest BCUT2D eigenvalue weighted by atomic mass is 16.2. The van der Waals surface area contributed by atoms with Crippen molar-refractivity contribution in [1.82, 2.24) is 24.7 Å². The van der Waals surface area contributed by atoms with Crippen molar-refractivity contribution in [1.29, 1.82) is 0 Å². The molecule has 3 heterocycles. The Balaban J connectivity index is 1.53. The number of hydrogen-bond donors (Lipinski definition) is 1. The highest BCUT2D eigenvalue weighted by molar-refractivity contribution is 5.73. The zero-order valence-electron chi connectivity index (χ0n) is 13.0. The lowest BCUT2D eigenvalue weighted by Crippen LogP contribution is -2.53. The summed E-state index contributed by atoms with van der Waals surface area (Å²) in [5.41, 5.74) is 0. The molecule has 2 aliphatic rings. The molecule has 0 aromatic carbocycles. The lowest BCUT2D eigenvalue weighted by Gasteiger charge is -2.39. The van der Waals surface area contributed by atoms with Crippen molar-refractivity contribution in [2.75, 3.05) is 39.3 Å². The van der Waals surface area contributed by atoms with Gasteiger partial charge in [-0.1, -0.05) is 6.92 Å². The average molecular weight is 291 g/mol. The molecule has 21 heavy (non-hydrogen) atoms. The molecule has 2 fully saturated rings. The van der Waals surface area contributed by atoms with Crippen molar-refractivity contribution >= 4 is 5.91 Å². The first-order chi connectivity index (χ1) is 10.1. The number of imidazole rings is 1. The van der Waals surface area contributed by atoms with Crippen LogP contribution in [0.3, 0.4) is 0 Å². The molecule has 0 radical (unpaired) electrons. The number of nitrogens with zero attached hydrogens (tertiary/aromatic N) is 4. The number of aromatic nitrogens is 2. The Morgan fingerprint density at radius 1 is 1.33 bits per heavy atom. The Morgan fingerprint density at radius 3 is 2.71 bits per heavy atom. The minimum Gasteiger partial charge on any atom is -0.348 e. The van der Waals surface area contributed by atoms with Crippen LogP contribution in [0.15, 0.2) is 12.4 Å². The van der Waals surface area contributed by atoms with Gasteiger partial charge in [0.15, 0.2) is 0 Å². The zero-order chi connectivity index (χ0) is 14.8. The summed E-state index contributed by atoms with van der Waals surface area (Å²) >= 11 is 0. The number of carbonyl (C=O) groups excluding carboxylic acids is 1. The van der Waals surface area contributed by atoms with Crippen LogP contribution < -0.4 is 0 Å². The summed E-state index contributed by atoms with van der Waals surface area (Å²) in [5.74, 6) is 1.92. The number of aromatic amines is 1. The summed E-state index contributed by atoms with van der Waals surface area (Å²) in [6.45, 7) is 10.9. The fourth-order valence-electron chi connectivity index (χ4n) is 3.62. The standard InChI is InChI=1S/C15H25N5O/c1-12-9-18(11-15-16-3-4-17-15)10-14(12)20-7-5-19(6-8-20)13(2)21/h3-4,12,14H,5-11H2,1-2H3,(H,16,17)/t12-,14-/m0/s1. The number of piperazine rings is 1. The van der Waals surface area contributed by atoms with Gasteiger partial charge < -0.3 is 9.88 Å². The van der Waals surface area contributed by atoms with Gasteiger partial charge in [-0.25, -0.2) is 4.98 Å². The van der Waals surface area contributed by atoms with Crippen LogP contribution in [0.2, 0.25) is 0 Å². The molecule has 3 rings (SSSR count). The molecule has 1 N–H and O–H groups in total. The first-order valence-electron chi connectivity index (χ1n) is 7.83. The number of carbonyl (C=O) groups is 1. The Kier molecular flexibility index (Phi) is 4.26. The summed E-state index contributed by atoms with van der Waals surface area (Å²) in [6.07, 6.45) is 3.70. The third-order valence-corrected chi connectivity index (χ3v) is 4.81. The van der Waals surface area contributed by atoms with Crippen LogP contribution in [0.4, 0.5) is 0 Å². The van der Waals surface area contributed by atoms with E-state index in [-0.39, 0.29) is 5.91 Å². The average Bonchev–Trinajstić information content (AvgIpc) is 3.09. The van der Waals surface area contributed by atoms with Gasteiger partial charge in [-0.15, -0.1) is 0 Å². The molecule has 0 unspecified atom stereocenters. The van der Waals surface area contributed by atoms with Crippen molar-refractivity contribution in [3.63, 3.8) is 0 Å². The number of nitrogens with one attached hydrogen (secondary N) is 1. The second-order valence-corrected chi connectivity index (χ2v) is 6.32. The van der Waals surface area contributed by atoms with E-state index < -0.39 is 0 Å². The van der Waals surface area contributed by atoms with E-state index in [9.17, 15) is 4.79 Å². The minimum absolute atomic E-state index is 0.202. The molecule has 0 saturated carbocycles. The molecule has 2 saturated heterocycles. The van der Waals surface area contributed by atoms with Crippen LogP contribution in [-0.4, -0.2) is 75.9 Å². The fourth-order valence-corrected chi connectivity index (χ4v) is 3.62. The van der Waals surface area contributed by atoms with E-state index >= 15 is 0 Å². The van der Waals surface area contributed by atoms with Gasteiger partial charge in [0.25, 0.3) is 0 Å². The molecule has 1 aromatic heterocycles. The second-order valence-electron chi connectivity index (χ2n) is 6.32. The molecule has 2 aliphatic heterocycles. The van der Waals surface area contributed by atoms with E-state index in [1.54, 1.807) is 6.92 Å². The number of hydrogen-bond acceptors (Lipinski definition) is 4. The largest absolute Gasteiger partial charge is 0.348 e. The molecule has 0 aliphatic carbocycles. The van der Waals surface area contributed by atoms with Crippen LogP contribution in [0.5, 0.6) is 0 Å². The van der Waals surface area contributed by atoms with Crippen molar-refractivity contribution in [3.05, 3.63) is 18.2 Å². The fraction of sp³-hybridized carbons (Fsp3) is 0.733. The first kappa shape index (κ1) is 14.5. The van der Waals surface area contributed by atoms with Gasteiger partial charge in [0, 0.05) is 64.6 Å². The Morgan fingerprint density at radius 2 is 2.10 bits per heavy atom. The summed E-state index contributed by atoms with van der Waals surface area (Å²) in [5, 5.41) is 0. The van der Waals surface area contributed by atoms with Crippen molar-refractivity contribution in [3.8, 4) is 0 Å². The predicted molar refractivity (Wildman–Crippen MR) is 80.6 cm³/mol. The number of H-pyrrole nitrogens is 1. The van der Waals surface area contributed by atoms with Crippen molar-refractivity contribution in [2.24, 2.45) is 5.92 Å². The van der Waals surface area contributed by atoms with Crippen LogP contribution in [0.1, 0.15) is 19.7 Å². The summed E-state index contributed by atoms with van der Waals surface area (Å²) in [7, 11) is 0. The number of rotatable bonds is 3. The summed E-state index contributed by atoms with van der Waals surface area (Å²) in [4.78, 5) is 25.9. The summed E-state index contributed by atoms with van der Waals surface area (Å²) in [6, 6.07) is 0.606. The van der Waals surface area contributed by atoms with E-state index in [1.807, 2.05) is 17.3 Å². The SMILES string of the molecule is CC(=O)N1CCN([C@H]2CN(Cc3ncc[nH]3)C[C@@H]2C)CC1. The normalized spacial score (nSPS) is 28.2. The minimum atomic E-state index is 0.202. The maximum atomic E-state index is 11.4. The quantitative estimate of drug-likeness (QED) is 0.875. The third-order valence-electron chi connectivity index (χ3n) is 4.81. The predicted octanol–water partition coefficient (Wildman–Crippen LogP) is 0.394. The van der Waals surface area contributed by atoms with Gasteiger partial charge in [-0.2, -0.15) is 0 Å². The van der Waals surface area contributed by atoms with Crippen molar-refractivity contribution < 1.29 is 4.79 Å². The lowest BCUT2D eigenvalue weighted by molar-refractivity contribution is -0.130. The second kappa shape index (κ2) is 6.15. The highest BCUT2D eigenvalue weighted by Crippen LogP contribution is 2.23. The third kappa shape index (κ3) is 3.27. The molecule has 0 bridgehead atoms. The summed E-state index contributed by atoms with van der Waals surface area (Å²) < 4.78 is 0. The zero-order valence-corrected chi connectivity index (χ0v) is 13.0. The monoisotopic (exact) mass is 291 g/mol. The molecular weight excluding hydrogens is 266 g/mol. The van der Waals surface area contributed by atoms with Crippen LogP contribution >= 0.6 is 0 Å². The smallest absolute Gasteiger partial charge is 0.219 e. The van der Waals surface area contributed by atoms with Gasteiger partial charge >= 0.3 is 0 Å². The number of likely N-dealkylation sites (tertiary alicyclic amines) is 1. The van der Waals surface area contributed by atoms with Gasteiger partial charge in [0.05, 0.1) is 6.54 Å². The van der Waals surface area contributed by atoms with E-state index in [0.717, 1.165) is 51.6 Å². The molecule has 0 spiro atoms. The first-order valence-corrected chi connectivity index (χ1v) is 7.83. The van der Waals surface area contributed by atoms with Crippen LogP contribution in [0, 0.1) is 5.92 Å². The van der Waals surface area contributed by atoms with Crippen LogP contribution in [-0.2, 0) is 11.3 Å². The topological polar surface area (TPSA) is 55.5 Å². The van der Waals surface area contributed by atoms with Gasteiger partial charge in [0.1, 0.15) is 5.82 Å². The maximum Gasteiger partial charge on any atom is 0.219 e. The lowest BCUT2D eigenvalue weighted by atomic mass is 10.0.